The number of carboxylic acid groups (broad SMARTS) is 1. The standard InChI is InChI=1S/C12H15NO3/c1-2-8-3-4-9-5-6-10(12(15)16)13(9)11(14)7-8/h8-10H,2,5-7H2,1H3,(H,15,16)/t8-,9+,10+/m1/s1. The highest BCUT2D eigenvalue weighted by atomic mass is 16.4. The molecule has 4 heteroatoms. The molecule has 2 aliphatic heterocycles. The molecule has 1 saturated heterocycles. The molecule has 16 heavy (non-hydrogen) atoms. The van der Waals surface area contributed by atoms with Crippen molar-refractivity contribution >= 4 is 11.9 Å². The van der Waals surface area contributed by atoms with Gasteiger partial charge in [0.1, 0.15) is 6.04 Å². The van der Waals surface area contributed by atoms with E-state index in [0.29, 0.717) is 19.3 Å². The fourth-order valence-corrected chi connectivity index (χ4v) is 2.37. The fourth-order valence-electron chi connectivity index (χ4n) is 2.37. The molecule has 86 valence electrons. The molecule has 0 spiro atoms. The number of aliphatic carboxylic acids is 1. The quantitative estimate of drug-likeness (QED) is 0.704. The third-order valence-electron chi connectivity index (χ3n) is 3.33. The molecule has 2 rings (SSSR count). The minimum absolute atomic E-state index is 0.0701. The number of carbonyl (C=O) groups is 2. The Kier molecular flexibility index (Phi) is 2.86. The lowest BCUT2D eigenvalue weighted by Gasteiger charge is -2.24. The maximum Gasteiger partial charge on any atom is 0.326 e. The van der Waals surface area contributed by atoms with Gasteiger partial charge in [-0.25, -0.2) is 4.79 Å². The molecular weight excluding hydrogens is 206 g/mol. The second-order valence-corrected chi connectivity index (χ2v) is 4.35. The third-order valence-corrected chi connectivity index (χ3v) is 3.33. The average molecular weight is 221 g/mol. The fraction of sp³-hybridized carbons (Fsp3) is 0.667. The lowest BCUT2D eigenvalue weighted by atomic mass is 10.0. The third kappa shape index (κ3) is 1.78. The first kappa shape index (κ1) is 11.0. The first-order chi connectivity index (χ1) is 7.63. The number of carboxylic acids is 1. The van der Waals surface area contributed by atoms with Gasteiger partial charge in [0.15, 0.2) is 0 Å². The van der Waals surface area contributed by atoms with Crippen LogP contribution in [-0.4, -0.2) is 34.0 Å². The van der Waals surface area contributed by atoms with Crippen LogP contribution < -0.4 is 0 Å². The summed E-state index contributed by atoms with van der Waals surface area (Å²) in [5.41, 5.74) is 0. The summed E-state index contributed by atoms with van der Waals surface area (Å²) in [6.45, 7) is 2.00. The molecule has 0 aromatic rings. The van der Waals surface area contributed by atoms with Gasteiger partial charge in [-0.15, -0.1) is 0 Å². The van der Waals surface area contributed by atoms with E-state index in [0.717, 1.165) is 6.42 Å². The molecule has 0 bridgehead atoms. The van der Waals surface area contributed by atoms with Crippen molar-refractivity contribution in [2.24, 2.45) is 5.92 Å². The molecule has 0 aliphatic carbocycles. The predicted molar refractivity (Wildman–Crippen MR) is 57.5 cm³/mol. The summed E-state index contributed by atoms with van der Waals surface area (Å²) in [6, 6.07) is -0.840. The molecule has 0 saturated carbocycles. The van der Waals surface area contributed by atoms with Crippen LogP contribution in [0.15, 0.2) is 0 Å². The van der Waals surface area contributed by atoms with Crippen molar-refractivity contribution in [3.8, 4) is 11.8 Å². The van der Waals surface area contributed by atoms with E-state index in [9.17, 15) is 9.59 Å². The highest BCUT2D eigenvalue weighted by molar-refractivity contribution is 5.85. The van der Waals surface area contributed by atoms with Crippen molar-refractivity contribution in [3.05, 3.63) is 0 Å². The summed E-state index contributed by atoms with van der Waals surface area (Å²) in [6.07, 6.45) is 2.42. The van der Waals surface area contributed by atoms with Crippen molar-refractivity contribution in [1.82, 2.24) is 4.90 Å². The van der Waals surface area contributed by atoms with Crippen molar-refractivity contribution in [3.63, 3.8) is 0 Å². The summed E-state index contributed by atoms with van der Waals surface area (Å²) < 4.78 is 0. The molecule has 0 aromatic carbocycles. The van der Waals surface area contributed by atoms with E-state index >= 15 is 0 Å². The summed E-state index contributed by atoms with van der Waals surface area (Å²) in [5, 5.41) is 9.04. The molecule has 1 N–H and O–H groups in total. The van der Waals surface area contributed by atoms with E-state index in [1.54, 1.807) is 0 Å². The molecule has 1 amide bonds. The highest BCUT2D eigenvalue weighted by Gasteiger charge is 2.41. The van der Waals surface area contributed by atoms with E-state index in [1.807, 2.05) is 6.92 Å². The molecule has 2 heterocycles. The number of fused-ring (bicyclic) bond motifs is 1. The maximum absolute atomic E-state index is 12.0. The lowest BCUT2D eigenvalue weighted by Crippen LogP contribution is -2.44. The Bertz CT molecular complexity index is 379. The van der Waals surface area contributed by atoms with Gasteiger partial charge in [0, 0.05) is 12.3 Å². The van der Waals surface area contributed by atoms with Crippen LogP contribution >= 0.6 is 0 Å². The van der Waals surface area contributed by atoms with Crippen LogP contribution in [0, 0.1) is 17.8 Å². The van der Waals surface area contributed by atoms with Crippen molar-refractivity contribution in [2.75, 3.05) is 0 Å². The number of nitrogens with zero attached hydrogens (tertiary/aromatic N) is 1. The molecule has 2 aliphatic rings. The van der Waals surface area contributed by atoms with Crippen LogP contribution in [0.25, 0.3) is 0 Å². The van der Waals surface area contributed by atoms with Crippen LogP contribution in [-0.2, 0) is 9.59 Å². The zero-order valence-electron chi connectivity index (χ0n) is 9.27. The minimum Gasteiger partial charge on any atom is -0.480 e. The van der Waals surface area contributed by atoms with Gasteiger partial charge in [-0.05, 0) is 19.3 Å². The van der Waals surface area contributed by atoms with E-state index in [4.69, 9.17) is 5.11 Å². The van der Waals surface area contributed by atoms with E-state index in [1.165, 1.54) is 4.90 Å². The Hall–Kier alpha value is -1.50. The van der Waals surface area contributed by atoms with E-state index < -0.39 is 12.0 Å². The molecule has 0 aromatic heterocycles. The first-order valence-corrected chi connectivity index (χ1v) is 5.68. The SMILES string of the molecule is CC[C@@H]1C#C[C@H]2CC[C@@H](C(=O)O)N2C(=O)C1. The van der Waals surface area contributed by atoms with Crippen LogP contribution in [0.5, 0.6) is 0 Å². The smallest absolute Gasteiger partial charge is 0.326 e. The van der Waals surface area contributed by atoms with Gasteiger partial charge >= 0.3 is 5.97 Å². The Balaban J connectivity index is 2.24. The van der Waals surface area contributed by atoms with Crippen molar-refractivity contribution in [1.29, 1.82) is 0 Å². The second kappa shape index (κ2) is 4.17. The first-order valence-electron chi connectivity index (χ1n) is 5.68. The molecule has 1 fully saturated rings. The van der Waals surface area contributed by atoms with Gasteiger partial charge in [-0.3, -0.25) is 4.79 Å². The normalized spacial score (nSPS) is 32.7. The minimum atomic E-state index is -0.910. The van der Waals surface area contributed by atoms with Crippen LogP contribution in [0.1, 0.15) is 32.6 Å². The Morgan fingerprint density at radius 3 is 2.88 bits per heavy atom. The molecule has 0 radical (unpaired) electrons. The number of carbonyl (C=O) groups excluding carboxylic acids is 1. The number of hydrogen-bond acceptors (Lipinski definition) is 2. The van der Waals surface area contributed by atoms with Crippen LogP contribution in [0.4, 0.5) is 0 Å². The van der Waals surface area contributed by atoms with Gasteiger partial charge in [0.2, 0.25) is 5.91 Å². The molecule has 0 unspecified atom stereocenters. The summed E-state index contributed by atoms with van der Waals surface area (Å²) in [5.74, 6) is 5.25. The summed E-state index contributed by atoms with van der Waals surface area (Å²) in [4.78, 5) is 24.5. The van der Waals surface area contributed by atoms with Gasteiger partial charge < -0.3 is 10.0 Å². The zero-order chi connectivity index (χ0) is 11.7. The Labute approximate surface area is 94.6 Å². The van der Waals surface area contributed by atoms with Crippen LogP contribution in [0.2, 0.25) is 0 Å². The number of hydrogen-bond donors (Lipinski definition) is 1. The number of rotatable bonds is 2. The monoisotopic (exact) mass is 221 g/mol. The highest BCUT2D eigenvalue weighted by Crippen LogP contribution is 2.28. The van der Waals surface area contributed by atoms with Gasteiger partial charge in [0.05, 0.1) is 6.04 Å². The van der Waals surface area contributed by atoms with Crippen molar-refractivity contribution < 1.29 is 14.7 Å². The van der Waals surface area contributed by atoms with Gasteiger partial charge in [-0.1, -0.05) is 18.8 Å². The summed E-state index contributed by atoms with van der Waals surface area (Å²) in [7, 11) is 0. The topological polar surface area (TPSA) is 57.6 Å². The van der Waals surface area contributed by atoms with Gasteiger partial charge in [-0.2, -0.15) is 0 Å². The average Bonchev–Trinajstić information content (AvgIpc) is 2.61. The summed E-state index contributed by atoms with van der Waals surface area (Å²) >= 11 is 0. The van der Waals surface area contributed by atoms with E-state index in [2.05, 4.69) is 11.8 Å². The molecule has 3 atom stereocenters. The maximum atomic E-state index is 12.0. The zero-order valence-corrected chi connectivity index (χ0v) is 9.27. The molecular formula is C12H15NO3. The molecule has 4 nitrogen and oxygen atoms in total. The second-order valence-electron chi connectivity index (χ2n) is 4.35. The van der Waals surface area contributed by atoms with Gasteiger partial charge in [0.25, 0.3) is 0 Å². The lowest BCUT2D eigenvalue weighted by molar-refractivity contribution is -0.149. The number of amides is 1. The van der Waals surface area contributed by atoms with Crippen molar-refractivity contribution in [2.45, 2.75) is 44.7 Å². The Morgan fingerprint density at radius 2 is 2.25 bits per heavy atom. The predicted octanol–water partition coefficient (Wildman–Crippen LogP) is 0.864. The Morgan fingerprint density at radius 1 is 1.50 bits per heavy atom. The van der Waals surface area contributed by atoms with Crippen LogP contribution in [0.3, 0.4) is 0 Å². The largest absolute Gasteiger partial charge is 0.480 e. The van der Waals surface area contributed by atoms with E-state index in [-0.39, 0.29) is 17.9 Å².